The highest BCUT2D eigenvalue weighted by Crippen LogP contribution is 2.44. The molecule has 0 radical (unpaired) electrons. The molecular formula is C29H28N4OS. The number of hydrogen-bond acceptors (Lipinski definition) is 5. The van der Waals surface area contributed by atoms with Gasteiger partial charge in [-0.25, -0.2) is 4.98 Å². The van der Waals surface area contributed by atoms with E-state index in [-0.39, 0.29) is 0 Å². The Morgan fingerprint density at radius 2 is 1.63 bits per heavy atom. The second-order valence-corrected chi connectivity index (χ2v) is 11.4. The largest absolute Gasteiger partial charge is 0.487 e. The number of nitrogens with one attached hydrogen (secondary N) is 3. The van der Waals surface area contributed by atoms with E-state index in [1.54, 1.807) is 0 Å². The van der Waals surface area contributed by atoms with Gasteiger partial charge in [-0.15, -0.1) is 11.3 Å². The molecule has 3 N–H and O–H groups in total. The van der Waals surface area contributed by atoms with Gasteiger partial charge in [0.15, 0.2) is 0 Å². The molecule has 0 aliphatic carbocycles. The first-order valence-corrected chi connectivity index (χ1v) is 13.2. The molecule has 176 valence electrons. The quantitative estimate of drug-likeness (QED) is 0.245. The second-order valence-electron chi connectivity index (χ2n) is 10.3. The second kappa shape index (κ2) is 7.49. The smallest absolute Gasteiger partial charge is 0.130 e. The molecule has 3 aromatic carbocycles. The van der Waals surface area contributed by atoms with Crippen molar-refractivity contribution in [1.29, 1.82) is 0 Å². The maximum absolute atomic E-state index is 6.13. The fourth-order valence-corrected chi connectivity index (χ4v) is 6.31. The number of thiophene rings is 1. The molecular weight excluding hydrogens is 452 g/mol. The standard InChI is InChI=1S/C29H28N4OS/c1-14(2)28-30-21-11-20-18-7-5-17(10-25(18)35-26(20)12-22(21)31-28)16-6-8-19-24(9-16)34-13-23-27(19)33-29(32-23)15(3)4/h5-12,14-15,28,30-31H,13H2,1-4H3,(H,32,33). The summed E-state index contributed by atoms with van der Waals surface area (Å²) in [5.74, 6) is 2.81. The molecule has 0 bridgehead atoms. The van der Waals surface area contributed by atoms with Crippen molar-refractivity contribution in [3.05, 3.63) is 60.0 Å². The minimum atomic E-state index is 0.292. The van der Waals surface area contributed by atoms with E-state index in [4.69, 9.17) is 9.72 Å². The Bertz CT molecular complexity index is 1630. The van der Waals surface area contributed by atoms with Crippen LogP contribution in [0.1, 0.15) is 45.1 Å². The first-order valence-electron chi connectivity index (χ1n) is 12.3. The fraction of sp³-hybridized carbons (Fsp3) is 0.276. The van der Waals surface area contributed by atoms with Crippen molar-refractivity contribution in [2.45, 2.75) is 46.4 Å². The van der Waals surface area contributed by atoms with Gasteiger partial charge in [-0.1, -0.05) is 45.9 Å². The molecule has 5 aromatic rings. The molecule has 7 rings (SSSR count). The van der Waals surface area contributed by atoms with Gasteiger partial charge in [-0.05, 0) is 47.4 Å². The van der Waals surface area contributed by atoms with Gasteiger partial charge < -0.3 is 20.4 Å². The molecule has 1 unspecified atom stereocenters. The van der Waals surface area contributed by atoms with Crippen molar-refractivity contribution in [3.8, 4) is 28.1 Å². The molecule has 0 fully saturated rings. The number of anilines is 2. The van der Waals surface area contributed by atoms with Crippen molar-refractivity contribution < 1.29 is 4.74 Å². The van der Waals surface area contributed by atoms with Crippen LogP contribution in [0, 0.1) is 5.92 Å². The van der Waals surface area contributed by atoms with Gasteiger partial charge in [0.2, 0.25) is 0 Å². The molecule has 0 saturated carbocycles. The average Bonchev–Trinajstić information content (AvgIpc) is 3.56. The number of benzene rings is 3. The van der Waals surface area contributed by atoms with Crippen molar-refractivity contribution in [1.82, 2.24) is 9.97 Å². The van der Waals surface area contributed by atoms with E-state index in [0.717, 1.165) is 34.1 Å². The molecule has 4 heterocycles. The van der Waals surface area contributed by atoms with Crippen LogP contribution in [0.25, 0.3) is 42.6 Å². The minimum absolute atomic E-state index is 0.292. The normalized spacial score (nSPS) is 16.2. The maximum Gasteiger partial charge on any atom is 0.130 e. The lowest BCUT2D eigenvalue weighted by Crippen LogP contribution is -2.27. The summed E-state index contributed by atoms with van der Waals surface area (Å²) in [7, 11) is 0. The Morgan fingerprint density at radius 1 is 0.886 bits per heavy atom. The number of aromatic amines is 1. The zero-order chi connectivity index (χ0) is 23.8. The van der Waals surface area contributed by atoms with E-state index < -0.39 is 0 Å². The molecule has 6 heteroatoms. The summed E-state index contributed by atoms with van der Waals surface area (Å²) in [5, 5.41) is 9.88. The van der Waals surface area contributed by atoms with E-state index in [9.17, 15) is 0 Å². The third-order valence-corrected chi connectivity index (χ3v) is 8.30. The highest BCUT2D eigenvalue weighted by molar-refractivity contribution is 7.25. The van der Waals surface area contributed by atoms with Crippen LogP contribution >= 0.6 is 11.3 Å². The monoisotopic (exact) mass is 480 g/mol. The van der Waals surface area contributed by atoms with Gasteiger partial charge >= 0.3 is 0 Å². The summed E-state index contributed by atoms with van der Waals surface area (Å²) in [6.07, 6.45) is 0.292. The molecule has 5 nitrogen and oxygen atoms in total. The Morgan fingerprint density at radius 3 is 2.43 bits per heavy atom. The van der Waals surface area contributed by atoms with Crippen LogP contribution in [0.4, 0.5) is 11.4 Å². The molecule has 0 spiro atoms. The third-order valence-electron chi connectivity index (χ3n) is 7.19. The highest BCUT2D eigenvalue weighted by atomic mass is 32.1. The first-order chi connectivity index (χ1) is 16.9. The van der Waals surface area contributed by atoms with Crippen molar-refractivity contribution in [3.63, 3.8) is 0 Å². The molecule has 35 heavy (non-hydrogen) atoms. The third kappa shape index (κ3) is 3.23. The van der Waals surface area contributed by atoms with E-state index in [1.165, 1.54) is 37.1 Å². The van der Waals surface area contributed by atoms with E-state index >= 15 is 0 Å². The number of imidazole rings is 1. The average molecular weight is 481 g/mol. The van der Waals surface area contributed by atoms with Crippen molar-refractivity contribution in [2.24, 2.45) is 5.92 Å². The summed E-state index contributed by atoms with van der Waals surface area (Å²) in [4.78, 5) is 8.29. The van der Waals surface area contributed by atoms with Crippen molar-refractivity contribution >= 4 is 42.9 Å². The first kappa shape index (κ1) is 20.8. The van der Waals surface area contributed by atoms with Crippen LogP contribution in [0.15, 0.2) is 48.5 Å². The molecule has 2 aliphatic heterocycles. The van der Waals surface area contributed by atoms with Crippen LogP contribution in [-0.4, -0.2) is 16.1 Å². The number of nitrogens with zero attached hydrogens (tertiary/aromatic N) is 1. The summed E-state index contributed by atoms with van der Waals surface area (Å²) < 4.78 is 8.75. The molecule has 0 saturated heterocycles. The maximum atomic E-state index is 6.13. The molecule has 0 amide bonds. The lowest BCUT2D eigenvalue weighted by Gasteiger charge is -2.17. The predicted octanol–water partition coefficient (Wildman–Crippen LogP) is 7.95. The van der Waals surface area contributed by atoms with Crippen LogP contribution in [-0.2, 0) is 6.61 Å². The summed E-state index contributed by atoms with van der Waals surface area (Å²) in [6.45, 7) is 9.31. The van der Waals surface area contributed by atoms with Gasteiger partial charge in [-0.2, -0.15) is 0 Å². The van der Waals surface area contributed by atoms with Gasteiger partial charge in [0, 0.05) is 31.7 Å². The summed E-state index contributed by atoms with van der Waals surface area (Å²) in [5.41, 5.74) is 7.92. The lowest BCUT2D eigenvalue weighted by molar-refractivity contribution is 0.298. The van der Waals surface area contributed by atoms with Crippen LogP contribution in [0.5, 0.6) is 5.75 Å². The van der Waals surface area contributed by atoms with E-state index in [1.807, 2.05) is 11.3 Å². The zero-order valence-electron chi connectivity index (χ0n) is 20.3. The molecule has 2 aromatic heterocycles. The van der Waals surface area contributed by atoms with Crippen molar-refractivity contribution in [2.75, 3.05) is 10.6 Å². The zero-order valence-corrected chi connectivity index (χ0v) is 21.1. The minimum Gasteiger partial charge on any atom is -0.487 e. The molecule has 1 atom stereocenters. The van der Waals surface area contributed by atoms with Crippen LogP contribution in [0.2, 0.25) is 0 Å². The van der Waals surface area contributed by atoms with Gasteiger partial charge in [-0.3, -0.25) is 0 Å². The highest BCUT2D eigenvalue weighted by Gasteiger charge is 2.25. The molecule has 2 aliphatic rings. The van der Waals surface area contributed by atoms with Crippen LogP contribution in [0.3, 0.4) is 0 Å². The van der Waals surface area contributed by atoms with Gasteiger partial charge in [0.1, 0.15) is 18.2 Å². The Balaban J connectivity index is 1.26. The van der Waals surface area contributed by atoms with Gasteiger partial charge in [0.25, 0.3) is 0 Å². The van der Waals surface area contributed by atoms with E-state index in [0.29, 0.717) is 24.6 Å². The number of ether oxygens (including phenoxy) is 1. The summed E-state index contributed by atoms with van der Waals surface area (Å²) >= 11 is 1.86. The Labute approximate surface area is 208 Å². The Hall–Kier alpha value is -3.51. The number of H-pyrrole nitrogens is 1. The predicted molar refractivity (Wildman–Crippen MR) is 147 cm³/mol. The van der Waals surface area contributed by atoms with Crippen LogP contribution < -0.4 is 15.4 Å². The number of hydrogen-bond donors (Lipinski definition) is 3. The van der Waals surface area contributed by atoms with Gasteiger partial charge in [0.05, 0.1) is 28.9 Å². The lowest BCUT2D eigenvalue weighted by atomic mass is 9.99. The number of fused-ring (bicyclic) bond motifs is 7. The number of aromatic nitrogens is 2. The SMILES string of the molecule is CC(C)c1nc2c([nH]1)COc1cc(-c3ccc4c(c3)sc3cc5c(cc34)NC(C(C)C)N5)ccc1-2. The fourth-order valence-electron chi connectivity index (χ4n) is 5.14. The topological polar surface area (TPSA) is 62.0 Å². The summed E-state index contributed by atoms with van der Waals surface area (Å²) in [6, 6.07) is 17.9. The van der Waals surface area contributed by atoms with E-state index in [2.05, 4.69) is 91.8 Å². The Kier molecular flexibility index (Phi) is 4.46. The number of rotatable bonds is 3.